The predicted octanol–water partition coefficient (Wildman–Crippen LogP) is 2.25. The zero-order valence-electron chi connectivity index (χ0n) is 8.77. The Morgan fingerprint density at radius 2 is 2.29 bits per heavy atom. The van der Waals surface area contributed by atoms with Gasteiger partial charge >= 0.3 is 5.97 Å². The van der Waals surface area contributed by atoms with Gasteiger partial charge in [-0.15, -0.1) is 0 Å². The number of carbonyl (C=O) groups excluding carboxylic acids is 1. The van der Waals surface area contributed by atoms with E-state index in [2.05, 4.69) is 0 Å². The lowest BCUT2D eigenvalue weighted by atomic mass is 10.1. The molecule has 0 aromatic heterocycles. The van der Waals surface area contributed by atoms with Crippen molar-refractivity contribution in [2.24, 2.45) is 0 Å². The summed E-state index contributed by atoms with van der Waals surface area (Å²) < 4.78 is 5.09. The molecule has 0 unspecified atom stereocenters. The van der Waals surface area contributed by atoms with Crippen LogP contribution in [0.15, 0.2) is 12.1 Å². The molecule has 1 rings (SSSR count). The molecule has 6 nitrogen and oxygen atoms in total. The van der Waals surface area contributed by atoms with Crippen molar-refractivity contribution in [3.63, 3.8) is 0 Å². The van der Waals surface area contributed by atoms with E-state index in [0.717, 1.165) is 6.07 Å². The summed E-state index contributed by atoms with van der Waals surface area (Å²) in [7, 11) is 0. The second-order valence-corrected chi connectivity index (χ2v) is 4.10. The molecular weight excluding hydrogens is 339 g/mol. The van der Waals surface area contributed by atoms with Gasteiger partial charge in [-0.3, -0.25) is 10.1 Å². The SMILES string of the molecule is CCOC(=O)c1cc([N+](=O)[O-])cc(I)c1C#N. The number of nitrogens with zero attached hydrogens (tertiary/aromatic N) is 2. The summed E-state index contributed by atoms with van der Waals surface area (Å²) in [6.45, 7) is 1.76. The van der Waals surface area contributed by atoms with Crippen molar-refractivity contribution in [2.45, 2.75) is 6.92 Å². The number of non-ortho nitro benzene ring substituents is 1. The van der Waals surface area contributed by atoms with Gasteiger partial charge < -0.3 is 4.74 Å². The van der Waals surface area contributed by atoms with E-state index in [1.807, 2.05) is 6.07 Å². The summed E-state index contributed by atoms with van der Waals surface area (Å²) in [6, 6.07) is 4.13. The number of hydrogen-bond acceptors (Lipinski definition) is 5. The molecule has 0 aliphatic carbocycles. The van der Waals surface area contributed by atoms with Crippen LogP contribution in [0.2, 0.25) is 0 Å². The van der Waals surface area contributed by atoms with Crippen LogP contribution in [0.4, 0.5) is 5.69 Å². The molecular formula is C10H7IN2O4. The molecule has 0 atom stereocenters. The monoisotopic (exact) mass is 346 g/mol. The van der Waals surface area contributed by atoms with Gasteiger partial charge in [-0.05, 0) is 29.5 Å². The molecule has 1 aromatic rings. The van der Waals surface area contributed by atoms with Gasteiger partial charge in [0.2, 0.25) is 0 Å². The molecule has 0 amide bonds. The fourth-order valence-electron chi connectivity index (χ4n) is 1.18. The molecule has 0 N–H and O–H groups in total. The van der Waals surface area contributed by atoms with Crippen molar-refractivity contribution < 1.29 is 14.5 Å². The second kappa shape index (κ2) is 5.58. The first-order valence-electron chi connectivity index (χ1n) is 4.56. The number of halogens is 1. The maximum Gasteiger partial charge on any atom is 0.339 e. The Labute approximate surface area is 110 Å². The molecule has 0 spiro atoms. The lowest BCUT2D eigenvalue weighted by Crippen LogP contribution is -2.09. The van der Waals surface area contributed by atoms with Crippen LogP contribution >= 0.6 is 22.6 Å². The van der Waals surface area contributed by atoms with Crippen molar-refractivity contribution in [1.29, 1.82) is 5.26 Å². The van der Waals surface area contributed by atoms with Gasteiger partial charge in [0.25, 0.3) is 5.69 Å². The van der Waals surface area contributed by atoms with Gasteiger partial charge in [0.15, 0.2) is 0 Å². The van der Waals surface area contributed by atoms with Crippen LogP contribution in [-0.2, 0) is 4.74 Å². The van der Waals surface area contributed by atoms with Gasteiger partial charge in [-0.1, -0.05) is 0 Å². The summed E-state index contributed by atoms with van der Waals surface area (Å²) >= 11 is 1.77. The summed E-state index contributed by atoms with van der Waals surface area (Å²) in [5.41, 5.74) is -0.223. The Balaban J connectivity index is 3.40. The predicted molar refractivity (Wildman–Crippen MR) is 66.5 cm³/mol. The highest BCUT2D eigenvalue weighted by atomic mass is 127. The van der Waals surface area contributed by atoms with E-state index in [0.29, 0.717) is 3.57 Å². The molecule has 0 heterocycles. The van der Waals surface area contributed by atoms with Crippen LogP contribution in [0.1, 0.15) is 22.8 Å². The third-order valence-corrected chi connectivity index (χ3v) is 2.74. The number of esters is 1. The van der Waals surface area contributed by atoms with E-state index in [9.17, 15) is 14.9 Å². The standard InChI is InChI=1S/C10H7IN2O4/c1-2-17-10(14)7-3-6(13(15)16)4-9(11)8(7)5-12/h3-4H,2H2,1H3. The number of hydrogen-bond donors (Lipinski definition) is 0. The van der Waals surface area contributed by atoms with Crippen LogP contribution in [0.5, 0.6) is 0 Å². The molecule has 0 bridgehead atoms. The van der Waals surface area contributed by atoms with Crippen molar-refractivity contribution in [2.75, 3.05) is 6.61 Å². The quantitative estimate of drug-likeness (QED) is 0.362. The van der Waals surface area contributed by atoms with Crippen LogP contribution in [-0.4, -0.2) is 17.5 Å². The van der Waals surface area contributed by atoms with Gasteiger partial charge in [0.05, 0.1) is 22.7 Å². The zero-order chi connectivity index (χ0) is 13.0. The second-order valence-electron chi connectivity index (χ2n) is 2.94. The van der Waals surface area contributed by atoms with Gasteiger partial charge in [0, 0.05) is 15.7 Å². The number of nitro groups is 1. The zero-order valence-corrected chi connectivity index (χ0v) is 10.9. The highest BCUT2D eigenvalue weighted by Crippen LogP contribution is 2.24. The number of rotatable bonds is 3. The average Bonchev–Trinajstić information content (AvgIpc) is 2.28. The van der Waals surface area contributed by atoms with Crippen LogP contribution in [0.3, 0.4) is 0 Å². The number of benzene rings is 1. The number of ether oxygens (including phenoxy) is 1. The van der Waals surface area contributed by atoms with E-state index in [1.165, 1.54) is 6.07 Å². The van der Waals surface area contributed by atoms with Crippen LogP contribution < -0.4 is 0 Å². The molecule has 0 radical (unpaired) electrons. The maximum atomic E-state index is 11.6. The minimum Gasteiger partial charge on any atom is -0.462 e. The van der Waals surface area contributed by atoms with Gasteiger partial charge in [-0.2, -0.15) is 5.26 Å². The lowest BCUT2D eigenvalue weighted by molar-refractivity contribution is -0.385. The molecule has 0 saturated carbocycles. The summed E-state index contributed by atoms with van der Waals surface area (Å²) in [4.78, 5) is 21.6. The van der Waals surface area contributed by atoms with Crippen molar-refractivity contribution in [3.8, 4) is 6.07 Å². The van der Waals surface area contributed by atoms with Crippen LogP contribution in [0, 0.1) is 25.0 Å². The molecule has 1 aromatic carbocycles. The summed E-state index contributed by atoms with van der Waals surface area (Å²) in [5, 5.41) is 19.6. The molecule has 0 aliphatic rings. The Morgan fingerprint density at radius 3 is 2.76 bits per heavy atom. The lowest BCUT2D eigenvalue weighted by Gasteiger charge is -2.05. The molecule has 7 heteroatoms. The third-order valence-electron chi connectivity index (χ3n) is 1.89. The largest absolute Gasteiger partial charge is 0.462 e. The molecule has 17 heavy (non-hydrogen) atoms. The third kappa shape index (κ3) is 2.91. The van der Waals surface area contributed by atoms with Crippen LogP contribution in [0.25, 0.3) is 0 Å². The van der Waals surface area contributed by atoms with E-state index in [4.69, 9.17) is 10.00 Å². The van der Waals surface area contributed by atoms with Gasteiger partial charge in [-0.25, -0.2) is 4.79 Å². The van der Waals surface area contributed by atoms with Crippen molar-refractivity contribution in [3.05, 3.63) is 36.9 Å². The highest BCUT2D eigenvalue weighted by Gasteiger charge is 2.20. The van der Waals surface area contributed by atoms with E-state index >= 15 is 0 Å². The first-order chi connectivity index (χ1) is 8.01. The minimum absolute atomic E-state index is 0.0760. The average molecular weight is 346 g/mol. The normalized spacial score (nSPS) is 9.47. The molecule has 0 fully saturated rings. The molecule has 0 saturated heterocycles. The number of nitro benzene ring substituents is 1. The topological polar surface area (TPSA) is 93.2 Å². The number of nitriles is 1. The first kappa shape index (κ1) is 13.4. The Hall–Kier alpha value is -1.69. The smallest absolute Gasteiger partial charge is 0.339 e. The number of carbonyl (C=O) groups is 1. The highest BCUT2D eigenvalue weighted by molar-refractivity contribution is 14.1. The van der Waals surface area contributed by atoms with Gasteiger partial charge in [0.1, 0.15) is 6.07 Å². The Bertz CT molecular complexity index is 522. The Kier molecular flexibility index (Phi) is 4.39. The molecule has 88 valence electrons. The Morgan fingerprint density at radius 1 is 1.65 bits per heavy atom. The molecule has 0 aliphatic heterocycles. The first-order valence-corrected chi connectivity index (χ1v) is 5.64. The van der Waals surface area contributed by atoms with Crippen molar-refractivity contribution in [1.82, 2.24) is 0 Å². The van der Waals surface area contributed by atoms with E-state index in [1.54, 1.807) is 29.5 Å². The fraction of sp³-hybridized carbons (Fsp3) is 0.200. The summed E-state index contributed by atoms with van der Waals surface area (Å²) in [5.74, 6) is -0.731. The van der Waals surface area contributed by atoms with Crippen molar-refractivity contribution >= 4 is 34.2 Å². The minimum atomic E-state index is -0.731. The van der Waals surface area contributed by atoms with E-state index < -0.39 is 10.9 Å². The van der Waals surface area contributed by atoms with E-state index in [-0.39, 0.29) is 23.4 Å². The summed E-state index contributed by atoms with van der Waals surface area (Å²) in [6.07, 6.45) is 0. The fourth-order valence-corrected chi connectivity index (χ4v) is 1.91. The maximum absolute atomic E-state index is 11.6.